The largest absolute Gasteiger partial charge is 0.448 e. The van der Waals surface area contributed by atoms with Gasteiger partial charge < -0.3 is 9.47 Å². The second-order valence-corrected chi connectivity index (χ2v) is 10.5. The van der Waals surface area contributed by atoms with Gasteiger partial charge in [-0.25, -0.2) is 4.79 Å². The Morgan fingerprint density at radius 1 is 0.868 bits per heavy atom. The fourth-order valence-corrected chi connectivity index (χ4v) is 6.55. The number of amides is 1. The summed E-state index contributed by atoms with van der Waals surface area (Å²) in [7, 11) is 0. The molecule has 6 heteroatoms. The molecule has 1 aliphatic carbocycles. The summed E-state index contributed by atoms with van der Waals surface area (Å²) in [5.74, 6) is -0.0302. The molecule has 2 saturated heterocycles. The van der Waals surface area contributed by atoms with E-state index >= 15 is 0 Å². The minimum absolute atomic E-state index is 0.0167. The van der Waals surface area contributed by atoms with Gasteiger partial charge in [-0.15, -0.1) is 0 Å². The molecule has 190 valence electrons. The minimum atomic E-state index is -0.314. The molecule has 0 spiro atoms. The topological polar surface area (TPSA) is 68.7 Å². The molecule has 0 radical (unpaired) electrons. The fourth-order valence-electron chi connectivity index (χ4n) is 6.55. The molecule has 1 aromatic heterocycles. The van der Waals surface area contributed by atoms with Crippen molar-refractivity contribution in [3.63, 3.8) is 0 Å². The van der Waals surface area contributed by atoms with Gasteiger partial charge in [0.25, 0.3) is 0 Å². The van der Waals surface area contributed by atoms with E-state index in [-0.39, 0.29) is 42.4 Å². The first-order chi connectivity index (χ1) is 18.7. The van der Waals surface area contributed by atoms with Crippen LogP contribution in [0.25, 0.3) is 22.0 Å². The predicted molar refractivity (Wildman–Crippen MR) is 144 cm³/mol. The molecule has 3 heterocycles. The molecule has 2 atom stereocenters. The standard InChI is InChI=1S/C32H28N2O4/c35-31(21-12-11-20-6-5-13-33-30(20)16-21)22-14-23-17-37-18-24(15-22)34(23)32(36)38-19-29-27-9-3-1-7-25(27)26-8-2-4-10-28(26)29/h1-13,16,22-24,29H,14-15,17-19H2. The number of benzene rings is 3. The van der Waals surface area contributed by atoms with E-state index in [1.165, 1.54) is 22.3 Å². The Kier molecular flexibility index (Phi) is 5.70. The molecule has 2 aliphatic heterocycles. The minimum Gasteiger partial charge on any atom is -0.448 e. The SMILES string of the molecule is O=C(c1ccc2cccnc2c1)C1CC2COCC(C1)N2C(=O)OCC1c2ccccc2-c2ccccc21. The van der Waals surface area contributed by atoms with Gasteiger partial charge in [0, 0.05) is 29.0 Å². The molecule has 0 saturated carbocycles. The number of ether oxygens (including phenoxy) is 2. The van der Waals surface area contributed by atoms with Crippen molar-refractivity contribution in [2.45, 2.75) is 30.8 Å². The van der Waals surface area contributed by atoms with Gasteiger partial charge in [-0.2, -0.15) is 0 Å². The molecular weight excluding hydrogens is 476 g/mol. The molecule has 7 rings (SSSR count). The normalized spacial score (nSPS) is 22.1. The van der Waals surface area contributed by atoms with E-state index in [1.807, 2.05) is 59.5 Å². The van der Waals surface area contributed by atoms with Crippen LogP contribution in [0.3, 0.4) is 0 Å². The van der Waals surface area contributed by atoms with Gasteiger partial charge in [0.2, 0.25) is 0 Å². The number of pyridine rings is 1. The van der Waals surface area contributed by atoms with Crippen LogP contribution in [-0.2, 0) is 9.47 Å². The Balaban J connectivity index is 1.07. The highest BCUT2D eigenvalue weighted by molar-refractivity contribution is 6.00. The number of morpholine rings is 1. The van der Waals surface area contributed by atoms with Crippen molar-refractivity contribution in [1.29, 1.82) is 0 Å². The number of fused-ring (bicyclic) bond motifs is 6. The van der Waals surface area contributed by atoms with Crippen LogP contribution in [0.4, 0.5) is 4.79 Å². The number of nitrogens with zero attached hydrogens (tertiary/aromatic N) is 2. The molecule has 2 unspecified atom stereocenters. The van der Waals surface area contributed by atoms with Crippen molar-refractivity contribution in [2.24, 2.45) is 5.92 Å². The first-order valence-corrected chi connectivity index (χ1v) is 13.3. The summed E-state index contributed by atoms with van der Waals surface area (Å²) in [4.78, 5) is 33.2. The summed E-state index contributed by atoms with van der Waals surface area (Å²) < 4.78 is 11.8. The van der Waals surface area contributed by atoms with Crippen molar-refractivity contribution in [3.05, 3.63) is 102 Å². The highest BCUT2D eigenvalue weighted by Gasteiger charge is 2.45. The first kappa shape index (κ1) is 23.1. The maximum Gasteiger partial charge on any atom is 0.410 e. The second kappa shape index (κ2) is 9.37. The molecule has 6 nitrogen and oxygen atoms in total. The number of hydrogen-bond donors (Lipinski definition) is 0. The van der Waals surface area contributed by atoms with Crippen molar-refractivity contribution in [2.75, 3.05) is 19.8 Å². The van der Waals surface area contributed by atoms with Gasteiger partial charge in [-0.05, 0) is 47.2 Å². The van der Waals surface area contributed by atoms with Crippen molar-refractivity contribution < 1.29 is 19.1 Å². The lowest BCUT2D eigenvalue weighted by molar-refractivity contribution is -0.0747. The third-order valence-corrected chi connectivity index (χ3v) is 8.33. The average molecular weight is 505 g/mol. The smallest absolute Gasteiger partial charge is 0.410 e. The van der Waals surface area contributed by atoms with E-state index in [0.29, 0.717) is 31.6 Å². The van der Waals surface area contributed by atoms with Crippen LogP contribution in [-0.4, -0.2) is 53.7 Å². The molecule has 38 heavy (non-hydrogen) atoms. The number of carbonyl (C=O) groups is 2. The molecule has 2 bridgehead atoms. The molecule has 3 aromatic carbocycles. The molecular formula is C32H28N2O4. The Hall–Kier alpha value is -4.03. The molecule has 2 fully saturated rings. The van der Waals surface area contributed by atoms with E-state index < -0.39 is 0 Å². The highest BCUT2D eigenvalue weighted by atomic mass is 16.6. The molecule has 3 aliphatic rings. The fraction of sp³-hybridized carbons (Fsp3) is 0.281. The zero-order chi connectivity index (χ0) is 25.6. The predicted octanol–water partition coefficient (Wildman–Crippen LogP) is 5.85. The van der Waals surface area contributed by atoms with E-state index in [1.54, 1.807) is 6.20 Å². The number of carbonyl (C=O) groups excluding carboxylic acids is 2. The van der Waals surface area contributed by atoms with Crippen LogP contribution in [0.2, 0.25) is 0 Å². The molecule has 4 aromatic rings. The Morgan fingerprint density at radius 3 is 2.26 bits per heavy atom. The third kappa shape index (κ3) is 3.87. The number of piperidine rings is 1. The van der Waals surface area contributed by atoms with E-state index in [4.69, 9.17) is 9.47 Å². The van der Waals surface area contributed by atoms with Crippen LogP contribution in [0, 0.1) is 5.92 Å². The van der Waals surface area contributed by atoms with Gasteiger partial charge >= 0.3 is 6.09 Å². The van der Waals surface area contributed by atoms with Crippen molar-refractivity contribution >= 4 is 22.8 Å². The maximum absolute atomic E-state index is 13.5. The lowest BCUT2D eigenvalue weighted by atomic mass is 9.80. The van der Waals surface area contributed by atoms with Crippen LogP contribution >= 0.6 is 0 Å². The molecule has 0 N–H and O–H groups in total. The third-order valence-electron chi connectivity index (χ3n) is 8.33. The van der Waals surface area contributed by atoms with E-state index in [2.05, 4.69) is 29.2 Å². The van der Waals surface area contributed by atoms with Crippen LogP contribution < -0.4 is 0 Å². The number of rotatable bonds is 4. The number of ketones is 1. The monoisotopic (exact) mass is 504 g/mol. The molecule has 1 amide bonds. The Morgan fingerprint density at radius 2 is 1.55 bits per heavy atom. The summed E-state index contributed by atoms with van der Waals surface area (Å²) in [6.07, 6.45) is 2.57. The van der Waals surface area contributed by atoms with Gasteiger partial charge in [-0.1, -0.05) is 66.7 Å². The lowest BCUT2D eigenvalue weighted by Crippen LogP contribution is -2.60. The van der Waals surface area contributed by atoms with Gasteiger partial charge in [0.05, 0.1) is 30.8 Å². The zero-order valence-electron chi connectivity index (χ0n) is 21.0. The van der Waals surface area contributed by atoms with Gasteiger partial charge in [0.1, 0.15) is 6.61 Å². The maximum atomic E-state index is 13.5. The Bertz CT molecular complexity index is 1490. The average Bonchev–Trinajstić information content (AvgIpc) is 3.28. The number of hydrogen-bond acceptors (Lipinski definition) is 5. The highest BCUT2D eigenvalue weighted by Crippen LogP contribution is 2.44. The lowest BCUT2D eigenvalue weighted by Gasteiger charge is -2.47. The summed E-state index contributed by atoms with van der Waals surface area (Å²) in [6.45, 7) is 1.13. The van der Waals surface area contributed by atoms with E-state index in [0.717, 1.165) is 10.9 Å². The van der Waals surface area contributed by atoms with Crippen molar-refractivity contribution in [3.8, 4) is 11.1 Å². The van der Waals surface area contributed by atoms with Crippen LogP contribution in [0.5, 0.6) is 0 Å². The summed E-state index contributed by atoms with van der Waals surface area (Å²) in [6, 6.07) is 25.9. The number of Topliss-reactive ketones (excluding diaryl/α,β-unsaturated/α-hetero) is 1. The second-order valence-electron chi connectivity index (χ2n) is 10.5. The first-order valence-electron chi connectivity index (χ1n) is 13.3. The summed E-state index contributed by atoms with van der Waals surface area (Å²) in [5, 5.41) is 1.01. The summed E-state index contributed by atoms with van der Waals surface area (Å²) in [5.41, 5.74) is 6.29. The summed E-state index contributed by atoms with van der Waals surface area (Å²) >= 11 is 0. The number of aromatic nitrogens is 1. The quantitative estimate of drug-likeness (QED) is 0.326. The van der Waals surface area contributed by atoms with Gasteiger partial charge in [0.15, 0.2) is 5.78 Å². The van der Waals surface area contributed by atoms with Crippen LogP contribution in [0.15, 0.2) is 85.1 Å². The Labute approximate surface area is 221 Å². The van der Waals surface area contributed by atoms with Crippen molar-refractivity contribution in [1.82, 2.24) is 9.88 Å². The zero-order valence-corrected chi connectivity index (χ0v) is 21.0. The van der Waals surface area contributed by atoms with E-state index in [9.17, 15) is 9.59 Å². The van der Waals surface area contributed by atoms with Crippen LogP contribution in [0.1, 0.15) is 40.2 Å². The van der Waals surface area contributed by atoms with Gasteiger partial charge in [-0.3, -0.25) is 14.7 Å².